The quantitative estimate of drug-likeness (QED) is 0.396. The first-order valence-electron chi connectivity index (χ1n) is 10.4. The maximum absolute atomic E-state index is 12.7. The minimum Gasteiger partial charge on any atom is -0.454 e. The Labute approximate surface area is 183 Å². The summed E-state index contributed by atoms with van der Waals surface area (Å²) in [6.07, 6.45) is 0. The van der Waals surface area contributed by atoms with Gasteiger partial charge in [-0.1, -0.05) is 17.7 Å². The van der Waals surface area contributed by atoms with Crippen LogP contribution in [0.25, 0.3) is 5.69 Å². The van der Waals surface area contributed by atoms with E-state index in [2.05, 4.69) is 0 Å². The largest absolute Gasteiger partial charge is 0.454 e. The van der Waals surface area contributed by atoms with Gasteiger partial charge in [0, 0.05) is 47.7 Å². The number of aryl methyl sites for hydroxylation is 3. The van der Waals surface area contributed by atoms with Crippen LogP contribution in [-0.4, -0.2) is 41.2 Å². The Morgan fingerprint density at radius 1 is 0.871 bits per heavy atom. The van der Waals surface area contributed by atoms with E-state index in [1.54, 1.807) is 13.2 Å². The second-order valence-electron chi connectivity index (χ2n) is 7.88. The Morgan fingerprint density at radius 2 is 1.52 bits per heavy atom. The molecule has 0 saturated heterocycles. The smallest absolute Gasteiger partial charge is 0.340 e. The van der Waals surface area contributed by atoms with Gasteiger partial charge in [-0.05, 0) is 58.9 Å². The average Bonchev–Trinajstić information content (AvgIpc) is 3.20. The van der Waals surface area contributed by atoms with Gasteiger partial charge in [-0.3, -0.25) is 4.79 Å². The maximum atomic E-state index is 12.7. The van der Waals surface area contributed by atoms with Crippen LogP contribution in [0.4, 0.5) is 0 Å². The van der Waals surface area contributed by atoms with E-state index >= 15 is 0 Å². The van der Waals surface area contributed by atoms with E-state index in [4.69, 9.17) is 9.47 Å². The Morgan fingerprint density at radius 3 is 2.16 bits per heavy atom. The summed E-state index contributed by atoms with van der Waals surface area (Å²) in [6, 6.07) is 11.8. The number of ketones is 1. The van der Waals surface area contributed by atoms with Crippen molar-refractivity contribution < 1.29 is 19.1 Å². The molecule has 0 unspecified atom stereocenters. The van der Waals surface area contributed by atoms with Crippen LogP contribution in [0.2, 0.25) is 0 Å². The normalized spacial score (nSPS) is 11.0. The van der Waals surface area contributed by atoms with Crippen LogP contribution >= 0.6 is 0 Å². The summed E-state index contributed by atoms with van der Waals surface area (Å²) in [4.78, 5) is 25.5. The third kappa shape index (κ3) is 4.64. The van der Waals surface area contributed by atoms with Crippen molar-refractivity contribution in [2.24, 2.45) is 0 Å². The van der Waals surface area contributed by atoms with Gasteiger partial charge in [-0.2, -0.15) is 0 Å². The van der Waals surface area contributed by atoms with Crippen LogP contribution in [0.15, 0.2) is 36.4 Å². The van der Waals surface area contributed by atoms with Gasteiger partial charge in [-0.15, -0.1) is 0 Å². The second kappa shape index (κ2) is 9.35. The summed E-state index contributed by atoms with van der Waals surface area (Å²) in [6.45, 7) is 10.7. The number of ether oxygens (including phenoxy) is 2. The summed E-state index contributed by atoms with van der Waals surface area (Å²) < 4.78 is 14.6. The monoisotopic (exact) mass is 422 g/mol. The molecule has 0 radical (unpaired) electrons. The number of benzene rings is 1. The van der Waals surface area contributed by atoms with Gasteiger partial charge in [0.2, 0.25) is 5.78 Å². The van der Waals surface area contributed by atoms with E-state index in [-0.39, 0.29) is 12.4 Å². The first-order valence-corrected chi connectivity index (χ1v) is 10.4. The molecule has 164 valence electrons. The standard InChI is InChI=1S/C25H30N2O4/c1-16-7-9-21(10-8-16)27-18(3)14-23(20(27)5)25(29)31-15-24(28)22-13-17(2)26(19(22)4)11-12-30-6/h7-10,13-14H,11-12,15H2,1-6H3. The molecule has 3 aromatic rings. The lowest BCUT2D eigenvalue weighted by Gasteiger charge is -2.10. The van der Waals surface area contributed by atoms with Crippen molar-refractivity contribution in [1.82, 2.24) is 9.13 Å². The molecule has 0 saturated carbocycles. The van der Waals surface area contributed by atoms with Crippen LogP contribution in [0.3, 0.4) is 0 Å². The lowest BCUT2D eigenvalue weighted by Crippen LogP contribution is -2.16. The van der Waals surface area contributed by atoms with Gasteiger partial charge >= 0.3 is 5.97 Å². The number of hydrogen-bond donors (Lipinski definition) is 0. The van der Waals surface area contributed by atoms with Crippen molar-refractivity contribution in [2.75, 3.05) is 20.3 Å². The van der Waals surface area contributed by atoms with Gasteiger partial charge in [-0.25, -0.2) is 4.79 Å². The summed E-state index contributed by atoms with van der Waals surface area (Å²) >= 11 is 0. The van der Waals surface area contributed by atoms with Gasteiger partial charge < -0.3 is 18.6 Å². The number of carbonyl (C=O) groups is 2. The van der Waals surface area contributed by atoms with E-state index < -0.39 is 5.97 Å². The number of carbonyl (C=O) groups excluding carboxylic acids is 2. The first kappa shape index (κ1) is 22.6. The summed E-state index contributed by atoms with van der Waals surface area (Å²) in [5, 5.41) is 0. The lowest BCUT2D eigenvalue weighted by molar-refractivity contribution is 0.0473. The average molecular weight is 423 g/mol. The number of aromatic nitrogens is 2. The van der Waals surface area contributed by atoms with Gasteiger partial charge in [0.15, 0.2) is 6.61 Å². The van der Waals surface area contributed by atoms with E-state index in [1.165, 1.54) is 5.56 Å². The molecule has 0 aliphatic rings. The molecule has 0 bridgehead atoms. The number of methoxy groups -OCH3 is 1. The number of esters is 1. The zero-order valence-electron chi connectivity index (χ0n) is 19.1. The fraction of sp³-hybridized carbons (Fsp3) is 0.360. The number of nitrogens with zero attached hydrogens (tertiary/aromatic N) is 2. The molecule has 2 heterocycles. The van der Waals surface area contributed by atoms with Gasteiger partial charge in [0.25, 0.3) is 0 Å². The molecule has 0 aliphatic heterocycles. The first-order chi connectivity index (χ1) is 14.7. The van der Waals surface area contributed by atoms with Crippen molar-refractivity contribution in [3.05, 3.63) is 75.9 Å². The van der Waals surface area contributed by atoms with Crippen LogP contribution in [-0.2, 0) is 16.0 Å². The molecule has 3 rings (SSSR count). The molecule has 0 fully saturated rings. The van der Waals surface area contributed by atoms with Gasteiger partial charge in [0.05, 0.1) is 12.2 Å². The van der Waals surface area contributed by atoms with E-state index in [0.717, 1.165) is 28.5 Å². The molecule has 0 aliphatic carbocycles. The van der Waals surface area contributed by atoms with Crippen molar-refractivity contribution >= 4 is 11.8 Å². The van der Waals surface area contributed by atoms with E-state index in [9.17, 15) is 9.59 Å². The maximum Gasteiger partial charge on any atom is 0.340 e. The molecular weight excluding hydrogens is 392 g/mol. The molecule has 6 nitrogen and oxygen atoms in total. The zero-order chi connectivity index (χ0) is 22.7. The van der Waals surface area contributed by atoms with Crippen LogP contribution in [0.1, 0.15) is 49.1 Å². The molecule has 31 heavy (non-hydrogen) atoms. The number of hydrogen-bond acceptors (Lipinski definition) is 4. The molecule has 0 amide bonds. The van der Waals surface area contributed by atoms with Crippen molar-refractivity contribution in [3.63, 3.8) is 0 Å². The number of rotatable bonds is 8. The fourth-order valence-corrected chi connectivity index (χ4v) is 3.96. The second-order valence-corrected chi connectivity index (χ2v) is 7.88. The minimum atomic E-state index is -0.493. The predicted molar refractivity (Wildman–Crippen MR) is 120 cm³/mol. The molecule has 0 spiro atoms. The molecule has 0 atom stereocenters. The van der Waals surface area contributed by atoms with Gasteiger partial charge in [0.1, 0.15) is 0 Å². The zero-order valence-corrected chi connectivity index (χ0v) is 19.1. The Bertz CT molecular complexity index is 1100. The highest BCUT2D eigenvalue weighted by molar-refractivity contribution is 6.00. The highest BCUT2D eigenvalue weighted by Gasteiger charge is 2.21. The fourth-order valence-electron chi connectivity index (χ4n) is 3.96. The summed E-state index contributed by atoms with van der Waals surface area (Å²) in [5.74, 6) is -0.703. The molecular formula is C25H30N2O4. The topological polar surface area (TPSA) is 62.5 Å². The van der Waals surface area contributed by atoms with Crippen molar-refractivity contribution in [3.8, 4) is 5.69 Å². The Balaban J connectivity index is 1.74. The third-order valence-corrected chi connectivity index (χ3v) is 5.67. The van der Waals surface area contributed by atoms with Crippen LogP contribution < -0.4 is 0 Å². The molecule has 2 aromatic heterocycles. The van der Waals surface area contributed by atoms with E-state index in [0.29, 0.717) is 24.3 Å². The Kier molecular flexibility index (Phi) is 6.81. The van der Waals surface area contributed by atoms with Crippen molar-refractivity contribution in [2.45, 2.75) is 41.2 Å². The highest BCUT2D eigenvalue weighted by Crippen LogP contribution is 2.22. The molecule has 6 heteroatoms. The number of Topliss-reactive ketones (excluding diaryl/α,β-unsaturated/α-hetero) is 1. The highest BCUT2D eigenvalue weighted by atomic mass is 16.5. The summed E-state index contributed by atoms with van der Waals surface area (Å²) in [7, 11) is 1.65. The Hall–Kier alpha value is -3.12. The SMILES string of the molecule is COCCn1c(C)cc(C(=O)COC(=O)c2cc(C)n(-c3ccc(C)cc3)c2C)c1C. The lowest BCUT2D eigenvalue weighted by atomic mass is 10.1. The molecule has 0 N–H and O–H groups in total. The van der Waals surface area contributed by atoms with Crippen molar-refractivity contribution in [1.29, 1.82) is 0 Å². The van der Waals surface area contributed by atoms with Crippen LogP contribution in [0.5, 0.6) is 0 Å². The molecule has 1 aromatic carbocycles. The van der Waals surface area contributed by atoms with E-state index in [1.807, 2.05) is 74.1 Å². The summed E-state index contributed by atoms with van der Waals surface area (Å²) in [5.41, 5.74) is 6.75. The third-order valence-electron chi connectivity index (χ3n) is 5.67. The predicted octanol–water partition coefficient (Wildman–Crippen LogP) is 4.51. The van der Waals surface area contributed by atoms with Crippen LogP contribution in [0, 0.1) is 34.6 Å². The minimum absolute atomic E-state index is 0.211.